The Morgan fingerprint density at radius 2 is 2.00 bits per heavy atom. The molecule has 0 radical (unpaired) electrons. The minimum atomic E-state index is -2.16. The van der Waals surface area contributed by atoms with Crippen LogP contribution >= 0.6 is 0 Å². The summed E-state index contributed by atoms with van der Waals surface area (Å²) in [5, 5.41) is 0. The van der Waals surface area contributed by atoms with E-state index in [-0.39, 0.29) is 9.90 Å². The van der Waals surface area contributed by atoms with Gasteiger partial charge in [-0.25, -0.2) is 0 Å². The van der Waals surface area contributed by atoms with E-state index in [9.17, 15) is 4.79 Å². The van der Waals surface area contributed by atoms with Crippen molar-refractivity contribution in [1.82, 2.24) is 0 Å². The summed E-state index contributed by atoms with van der Waals surface area (Å²) in [6.07, 6.45) is 1.72. The van der Waals surface area contributed by atoms with Crippen molar-refractivity contribution in [3.8, 4) is 0 Å². The molecular weight excluding hydrogens is 247 g/mol. The third-order valence-corrected chi connectivity index (χ3v) is 8.30. The monoisotopic (exact) mass is 264 g/mol. The summed E-state index contributed by atoms with van der Waals surface area (Å²) in [4.78, 5) is 17.7. The standard InChI is InChI=1S/C5H7O2.3CH3.Sn/c1-3-4-5(6)7-2;;;;/h3-4H,1H2,2H3;3*1H3;. The van der Waals surface area contributed by atoms with E-state index in [1.807, 2.05) is 0 Å². The van der Waals surface area contributed by atoms with Gasteiger partial charge in [0.05, 0.1) is 0 Å². The molecule has 3 heteroatoms. The molecule has 11 heavy (non-hydrogen) atoms. The van der Waals surface area contributed by atoms with Crippen LogP contribution in [0.5, 0.6) is 0 Å². The van der Waals surface area contributed by atoms with E-state index in [1.165, 1.54) is 7.11 Å². The number of rotatable bonds is 3. The van der Waals surface area contributed by atoms with E-state index in [0.717, 1.165) is 0 Å². The average Bonchev–Trinajstić information content (AvgIpc) is 1.86. The van der Waals surface area contributed by atoms with E-state index in [4.69, 9.17) is 0 Å². The summed E-state index contributed by atoms with van der Waals surface area (Å²) in [5.41, 5.74) is 0. The first kappa shape index (κ1) is 11.0. The van der Waals surface area contributed by atoms with Crippen molar-refractivity contribution in [2.75, 3.05) is 7.11 Å². The van der Waals surface area contributed by atoms with Gasteiger partial charge in [0.25, 0.3) is 0 Å². The van der Waals surface area contributed by atoms with Gasteiger partial charge in [0.1, 0.15) is 0 Å². The number of hydrogen-bond acceptors (Lipinski definition) is 2. The van der Waals surface area contributed by atoms with Crippen LogP contribution < -0.4 is 0 Å². The molecule has 0 rings (SSSR count). The Morgan fingerprint density at radius 1 is 1.55 bits per heavy atom. The maximum atomic E-state index is 11.1. The Bertz CT molecular complexity index is 158. The van der Waals surface area contributed by atoms with Crippen LogP contribution in [0.2, 0.25) is 18.8 Å². The SMILES string of the molecule is C=C[CH](C(=O)OC)[Sn]([CH3])([CH3])[CH3]. The van der Waals surface area contributed by atoms with Crippen molar-refractivity contribution in [2.24, 2.45) is 0 Å². The van der Waals surface area contributed by atoms with Gasteiger partial charge in [0, 0.05) is 0 Å². The first-order valence-corrected chi connectivity index (χ1v) is 13.8. The summed E-state index contributed by atoms with van der Waals surface area (Å²) in [6, 6.07) is 0. The molecule has 0 amide bonds. The molecule has 0 aliphatic rings. The summed E-state index contributed by atoms with van der Waals surface area (Å²) in [7, 11) is 1.43. The van der Waals surface area contributed by atoms with Crippen molar-refractivity contribution >= 4 is 24.3 Å². The summed E-state index contributed by atoms with van der Waals surface area (Å²) >= 11 is -2.16. The van der Waals surface area contributed by atoms with Crippen LogP contribution in [0.15, 0.2) is 12.7 Å². The van der Waals surface area contributed by atoms with E-state index in [0.29, 0.717) is 0 Å². The van der Waals surface area contributed by atoms with Crippen molar-refractivity contribution < 1.29 is 9.53 Å². The molecule has 64 valence electrons. The average molecular weight is 263 g/mol. The number of carbonyl (C=O) groups excluding carboxylic acids is 1. The fourth-order valence-electron chi connectivity index (χ4n) is 0.930. The first-order chi connectivity index (χ1) is 4.93. The molecule has 0 N–H and O–H groups in total. The van der Waals surface area contributed by atoms with Gasteiger partial charge >= 0.3 is 72.4 Å². The summed E-state index contributed by atoms with van der Waals surface area (Å²) < 4.78 is 4.67. The summed E-state index contributed by atoms with van der Waals surface area (Å²) in [5.74, 6) is -0.122. The molecule has 1 atom stereocenters. The number of carbonyl (C=O) groups is 1. The number of ether oxygens (including phenoxy) is 1. The first-order valence-electron chi connectivity index (χ1n) is 3.64. The van der Waals surface area contributed by atoms with Crippen molar-refractivity contribution in [3.63, 3.8) is 0 Å². The second-order valence-electron chi connectivity index (χ2n) is 3.60. The van der Waals surface area contributed by atoms with Crippen LogP contribution in [-0.2, 0) is 9.53 Å². The van der Waals surface area contributed by atoms with E-state index < -0.39 is 18.4 Å². The number of esters is 1. The fourth-order valence-corrected chi connectivity index (χ4v) is 5.30. The Balaban J connectivity index is 4.41. The third-order valence-electron chi connectivity index (χ3n) is 1.62. The molecular formula is C8H16O2Sn. The fraction of sp³-hybridized carbons (Fsp3) is 0.625. The van der Waals surface area contributed by atoms with Gasteiger partial charge in [-0.15, -0.1) is 0 Å². The maximum absolute atomic E-state index is 11.1. The van der Waals surface area contributed by atoms with Crippen molar-refractivity contribution in [2.45, 2.75) is 18.8 Å². The zero-order valence-electron chi connectivity index (χ0n) is 7.68. The van der Waals surface area contributed by atoms with E-state index in [2.05, 4.69) is 26.1 Å². The van der Waals surface area contributed by atoms with Gasteiger partial charge in [-0.2, -0.15) is 0 Å². The van der Waals surface area contributed by atoms with Crippen LogP contribution in [0.1, 0.15) is 0 Å². The molecule has 0 aliphatic carbocycles. The Hall–Kier alpha value is 0.00870. The second kappa shape index (κ2) is 4.14. The normalized spacial score (nSPS) is 13.8. The molecule has 0 heterocycles. The van der Waals surface area contributed by atoms with E-state index >= 15 is 0 Å². The van der Waals surface area contributed by atoms with Gasteiger partial charge in [-0.3, -0.25) is 0 Å². The van der Waals surface area contributed by atoms with Crippen molar-refractivity contribution in [3.05, 3.63) is 12.7 Å². The zero-order chi connectivity index (χ0) is 9.07. The van der Waals surface area contributed by atoms with Gasteiger partial charge in [-0.1, -0.05) is 0 Å². The van der Waals surface area contributed by atoms with Crippen molar-refractivity contribution in [1.29, 1.82) is 0 Å². The van der Waals surface area contributed by atoms with Crippen LogP contribution in [0.25, 0.3) is 0 Å². The zero-order valence-corrected chi connectivity index (χ0v) is 10.5. The molecule has 0 aromatic carbocycles. The van der Waals surface area contributed by atoms with Gasteiger partial charge in [-0.05, 0) is 0 Å². The Morgan fingerprint density at radius 3 is 2.09 bits per heavy atom. The molecule has 0 aliphatic heterocycles. The molecule has 0 fully saturated rings. The van der Waals surface area contributed by atoms with Gasteiger partial charge in [0.2, 0.25) is 0 Å². The molecule has 0 saturated carbocycles. The molecule has 0 aromatic rings. The molecule has 1 unspecified atom stereocenters. The third kappa shape index (κ3) is 3.27. The minimum absolute atomic E-state index is 0.00528. The predicted octanol–water partition coefficient (Wildman–Crippen LogP) is 2.05. The predicted molar refractivity (Wildman–Crippen MR) is 49.3 cm³/mol. The topological polar surface area (TPSA) is 26.3 Å². The summed E-state index contributed by atoms with van der Waals surface area (Å²) in [6.45, 7) is 3.65. The molecule has 0 bridgehead atoms. The van der Waals surface area contributed by atoms with Crippen LogP contribution in [0, 0.1) is 0 Å². The van der Waals surface area contributed by atoms with Crippen LogP contribution in [0.4, 0.5) is 0 Å². The molecule has 0 aromatic heterocycles. The van der Waals surface area contributed by atoms with Crippen LogP contribution in [0.3, 0.4) is 0 Å². The van der Waals surface area contributed by atoms with Gasteiger partial charge < -0.3 is 0 Å². The second-order valence-corrected chi connectivity index (χ2v) is 18.9. The van der Waals surface area contributed by atoms with Crippen LogP contribution in [-0.4, -0.2) is 31.5 Å². The molecule has 0 spiro atoms. The number of methoxy groups -OCH3 is 1. The Labute approximate surface area is 72.5 Å². The Kier molecular flexibility index (Phi) is 4.14. The van der Waals surface area contributed by atoms with E-state index in [1.54, 1.807) is 6.08 Å². The number of hydrogen-bond donors (Lipinski definition) is 0. The molecule has 2 nitrogen and oxygen atoms in total. The molecule has 0 saturated heterocycles. The van der Waals surface area contributed by atoms with Gasteiger partial charge in [0.15, 0.2) is 0 Å². The quantitative estimate of drug-likeness (QED) is 0.442.